The van der Waals surface area contributed by atoms with Crippen LogP contribution in [0.25, 0.3) is 43.6 Å². The van der Waals surface area contributed by atoms with Crippen LogP contribution < -0.4 is 0 Å². The maximum atomic E-state index is 4.58. The van der Waals surface area contributed by atoms with Crippen LogP contribution in [0.3, 0.4) is 0 Å². The van der Waals surface area contributed by atoms with Gasteiger partial charge in [0, 0.05) is 58.1 Å². The number of pyridine rings is 2. The van der Waals surface area contributed by atoms with E-state index in [1.807, 2.05) is 12.4 Å². The first-order valence-electron chi connectivity index (χ1n) is 13.4. The van der Waals surface area contributed by atoms with Crippen LogP contribution in [-0.4, -0.2) is 19.1 Å². The van der Waals surface area contributed by atoms with E-state index in [4.69, 9.17) is 0 Å². The van der Waals surface area contributed by atoms with E-state index in [1.54, 1.807) is 0 Å². The van der Waals surface area contributed by atoms with E-state index in [1.165, 1.54) is 82.1 Å². The van der Waals surface area contributed by atoms with Crippen molar-refractivity contribution in [2.45, 2.75) is 65.5 Å². The molecule has 182 valence electrons. The molecule has 4 heteroatoms. The van der Waals surface area contributed by atoms with Crippen LogP contribution in [0.2, 0.25) is 0 Å². The van der Waals surface area contributed by atoms with Crippen LogP contribution >= 0.6 is 0 Å². The number of benzene rings is 2. The summed E-state index contributed by atoms with van der Waals surface area (Å²) in [6, 6.07) is 21.9. The first-order valence-corrected chi connectivity index (χ1v) is 13.4. The van der Waals surface area contributed by atoms with Gasteiger partial charge in [-0.15, -0.1) is 0 Å². The topological polar surface area (TPSA) is 35.6 Å². The quantitative estimate of drug-likeness (QED) is 0.197. The fraction of sp³-hybridized carbons (Fsp3) is 0.312. The van der Waals surface area contributed by atoms with E-state index >= 15 is 0 Å². The van der Waals surface area contributed by atoms with Gasteiger partial charge in [0.2, 0.25) is 0 Å². The molecule has 0 N–H and O–H groups in total. The summed E-state index contributed by atoms with van der Waals surface area (Å²) in [4.78, 5) is 9.16. The Bertz CT molecular complexity index is 1540. The zero-order chi connectivity index (χ0) is 24.5. The van der Waals surface area contributed by atoms with E-state index in [-0.39, 0.29) is 0 Å². The predicted octanol–water partition coefficient (Wildman–Crippen LogP) is 8.35. The highest BCUT2D eigenvalue weighted by molar-refractivity contribution is 6.09. The van der Waals surface area contributed by atoms with Gasteiger partial charge in [0.25, 0.3) is 0 Å². The molecule has 4 aromatic heterocycles. The molecule has 2 aromatic carbocycles. The van der Waals surface area contributed by atoms with Crippen molar-refractivity contribution in [2.75, 3.05) is 0 Å². The molecule has 0 unspecified atom stereocenters. The predicted molar refractivity (Wildman–Crippen MR) is 152 cm³/mol. The molecule has 0 spiro atoms. The minimum Gasteiger partial charge on any atom is -0.339 e. The standard InChI is InChI=1S/C32H34N4/c1-23-31-27(17-19-33-23)25-13-7-9-15-29(25)35(31)21-11-5-3-4-6-12-22-36-30-16-10-8-14-26(30)28-18-20-34-24(2)32(28)36/h7-10,13-20H,3-6,11-12,21-22H2,1-2H3. The smallest absolute Gasteiger partial charge is 0.0707 e. The Morgan fingerprint density at radius 2 is 0.917 bits per heavy atom. The van der Waals surface area contributed by atoms with Crippen molar-refractivity contribution in [2.24, 2.45) is 0 Å². The zero-order valence-corrected chi connectivity index (χ0v) is 21.4. The van der Waals surface area contributed by atoms with Gasteiger partial charge in [0.1, 0.15) is 0 Å². The molecule has 0 radical (unpaired) electrons. The number of unbranched alkanes of at least 4 members (excludes halogenated alkanes) is 5. The second kappa shape index (κ2) is 9.77. The summed E-state index contributed by atoms with van der Waals surface area (Å²) in [5.41, 5.74) is 7.52. The highest BCUT2D eigenvalue weighted by Gasteiger charge is 2.13. The maximum absolute atomic E-state index is 4.58. The average molecular weight is 475 g/mol. The third-order valence-corrected chi connectivity index (χ3v) is 7.74. The van der Waals surface area contributed by atoms with Crippen LogP contribution in [0.4, 0.5) is 0 Å². The van der Waals surface area contributed by atoms with Gasteiger partial charge < -0.3 is 9.13 Å². The van der Waals surface area contributed by atoms with Crippen LogP contribution in [0.15, 0.2) is 73.1 Å². The third-order valence-electron chi connectivity index (χ3n) is 7.74. The van der Waals surface area contributed by atoms with Gasteiger partial charge >= 0.3 is 0 Å². The van der Waals surface area contributed by atoms with E-state index in [2.05, 4.69) is 93.6 Å². The van der Waals surface area contributed by atoms with Gasteiger partial charge in [-0.2, -0.15) is 0 Å². The molecule has 0 fully saturated rings. The Labute approximate surface area is 212 Å². The lowest BCUT2D eigenvalue weighted by molar-refractivity contribution is 0.545. The number of para-hydroxylation sites is 2. The van der Waals surface area contributed by atoms with E-state index in [0.29, 0.717) is 0 Å². The van der Waals surface area contributed by atoms with Crippen molar-refractivity contribution in [3.8, 4) is 0 Å². The Hall–Kier alpha value is -3.66. The van der Waals surface area contributed by atoms with Gasteiger partial charge in [-0.1, -0.05) is 62.1 Å². The molecule has 0 bridgehead atoms. The normalized spacial score (nSPS) is 11.9. The monoisotopic (exact) mass is 474 g/mol. The van der Waals surface area contributed by atoms with Crippen molar-refractivity contribution in [1.82, 2.24) is 19.1 Å². The van der Waals surface area contributed by atoms with Crippen molar-refractivity contribution < 1.29 is 0 Å². The van der Waals surface area contributed by atoms with Gasteiger partial charge in [0.15, 0.2) is 0 Å². The van der Waals surface area contributed by atoms with Crippen molar-refractivity contribution in [3.05, 3.63) is 84.4 Å². The molecule has 6 rings (SSSR count). The second-order valence-corrected chi connectivity index (χ2v) is 10.0. The number of aromatic nitrogens is 4. The Morgan fingerprint density at radius 1 is 0.500 bits per heavy atom. The summed E-state index contributed by atoms with van der Waals surface area (Å²) >= 11 is 0. The molecule has 4 heterocycles. The first kappa shape index (κ1) is 22.8. The highest BCUT2D eigenvalue weighted by Crippen LogP contribution is 2.32. The largest absolute Gasteiger partial charge is 0.339 e. The zero-order valence-electron chi connectivity index (χ0n) is 21.4. The molecule has 6 aromatic rings. The fourth-order valence-electron chi connectivity index (χ4n) is 6.06. The number of fused-ring (bicyclic) bond motifs is 6. The summed E-state index contributed by atoms with van der Waals surface area (Å²) in [6.45, 7) is 6.38. The lowest BCUT2D eigenvalue weighted by Gasteiger charge is -2.10. The molecule has 0 saturated heterocycles. The van der Waals surface area contributed by atoms with Crippen LogP contribution in [-0.2, 0) is 13.1 Å². The second-order valence-electron chi connectivity index (χ2n) is 10.0. The number of aryl methyl sites for hydroxylation is 4. The van der Waals surface area contributed by atoms with E-state index in [9.17, 15) is 0 Å². The molecule has 0 aliphatic carbocycles. The summed E-state index contributed by atoms with van der Waals surface area (Å²) in [6.07, 6.45) is 11.4. The van der Waals surface area contributed by atoms with Gasteiger partial charge in [-0.25, -0.2) is 0 Å². The van der Waals surface area contributed by atoms with Crippen LogP contribution in [0, 0.1) is 13.8 Å². The molecule has 0 saturated carbocycles. The van der Waals surface area contributed by atoms with Gasteiger partial charge in [0.05, 0.1) is 22.4 Å². The van der Waals surface area contributed by atoms with E-state index in [0.717, 1.165) is 24.5 Å². The number of hydrogen-bond acceptors (Lipinski definition) is 2. The Morgan fingerprint density at radius 3 is 1.39 bits per heavy atom. The molecular weight excluding hydrogens is 440 g/mol. The first-order chi connectivity index (χ1) is 17.7. The summed E-state index contributed by atoms with van der Waals surface area (Å²) in [7, 11) is 0. The highest BCUT2D eigenvalue weighted by atomic mass is 15.0. The van der Waals surface area contributed by atoms with Crippen molar-refractivity contribution >= 4 is 43.6 Å². The lowest BCUT2D eigenvalue weighted by Crippen LogP contribution is -2.00. The van der Waals surface area contributed by atoms with E-state index < -0.39 is 0 Å². The fourth-order valence-corrected chi connectivity index (χ4v) is 6.06. The summed E-state index contributed by atoms with van der Waals surface area (Å²) in [5.74, 6) is 0. The molecule has 0 amide bonds. The summed E-state index contributed by atoms with van der Waals surface area (Å²) in [5, 5.41) is 5.34. The molecule has 4 nitrogen and oxygen atoms in total. The van der Waals surface area contributed by atoms with Gasteiger partial charge in [-0.3, -0.25) is 9.97 Å². The molecule has 0 atom stereocenters. The van der Waals surface area contributed by atoms with Crippen LogP contribution in [0.5, 0.6) is 0 Å². The van der Waals surface area contributed by atoms with Crippen LogP contribution in [0.1, 0.15) is 49.9 Å². The SMILES string of the molecule is Cc1nccc2c3ccccc3n(CCCCCCCCn3c4ccccc4c4ccnc(C)c43)c12. The molecular formula is C32H34N4. The maximum Gasteiger partial charge on any atom is 0.0707 e. The van der Waals surface area contributed by atoms with Crippen molar-refractivity contribution in [1.29, 1.82) is 0 Å². The summed E-state index contributed by atoms with van der Waals surface area (Å²) < 4.78 is 4.98. The minimum atomic E-state index is 1.06. The third kappa shape index (κ3) is 3.95. The lowest BCUT2D eigenvalue weighted by atomic mass is 10.1. The van der Waals surface area contributed by atoms with Crippen molar-refractivity contribution in [3.63, 3.8) is 0 Å². The number of nitrogens with zero attached hydrogens (tertiary/aromatic N) is 4. The minimum absolute atomic E-state index is 1.06. The Kier molecular flexibility index (Phi) is 6.18. The Balaban J connectivity index is 1.05. The molecule has 36 heavy (non-hydrogen) atoms. The molecule has 0 aliphatic heterocycles. The molecule has 0 aliphatic rings. The average Bonchev–Trinajstić information content (AvgIpc) is 3.40. The number of hydrogen-bond donors (Lipinski definition) is 0. The van der Waals surface area contributed by atoms with Gasteiger partial charge in [-0.05, 0) is 51.0 Å². The number of rotatable bonds is 9.